The fourth-order valence-electron chi connectivity index (χ4n) is 2.82. The number of rotatable bonds is 1. The van der Waals surface area contributed by atoms with E-state index in [1.165, 1.54) is 10.6 Å². The van der Waals surface area contributed by atoms with E-state index >= 15 is 0 Å². The van der Waals surface area contributed by atoms with Crippen molar-refractivity contribution < 1.29 is 4.39 Å². The normalized spacial score (nSPS) is 11.4. The van der Waals surface area contributed by atoms with Crippen LogP contribution in [0, 0.1) is 12.7 Å². The van der Waals surface area contributed by atoms with Crippen molar-refractivity contribution in [3.63, 3.8) is 0 Å². The third-order valence-corrected chi connectivity index (χ3v) is 4.44. The Kier molecular flexibility index (Phi) is 3.09. The highest BCUT2D eigenvalue weighted by Gasteiger charge is 2.15. The van der Waals surface area contributed by atoms with Gasteiger partial charge in [-0.05, 0) is 37.3 Å². The Labute approximate surface area is 138 Å². The third kappa shape index (κ3) is 2.09. The fourth-order valence-corrected chi connectivity index (χ4v) is 3.19. The molecule has 4 rings (SSSR count). The maximum absolute atomic E-state index is 13.9. The Morgan fingerprint density at radius 3 is 2.91 bits per heavy atom. The number of pyridine rings is 1. The number of halogens is 2. The summed E-state index contributed by atoms with van der Waals surface area (Å²) in [5.41, 5.74) is 2.70. The van der Waals surface area contributed by atoms with Crippen molar-refractivity contribution >= 4 is 37.9 Å². The van der Waals surface area contributed by atoms with Crippen molar-refractivity contribution in [2.45, 2.75) is 6.92 Å². The number of imidazole rings is 1. The van der Waals surface area contributed by atoms with E-state index in [-0.39, 0.29) is 11.5 Å². The predicted octanol–water partition coefficient (Wildman–Crippen LogP) is 4.08. The van der Waals surface area contributed by atoms with E-state index in [2.05, 4.69) is 25.9 Å². The average Bonchev–Trinajstić information content (AvgIpc) is 2.86. The van der Waals surface area contributed by atoms with Crippen LogP contribution in [0.3, 0.4) is 0 Å². The van der Waals surface area contributed by atoms with Crippen LogP contribution in [-0.4, -0.2) is 14.5 Å². The number of benzene rings is 2. The minimum atomic E-state index is -0.344. The smallest absolute Gasteiger partial charge is 0.304 e. The quantitative estimate of drug-likeness (QED) is 0.548. The summed E-state index contributed by atoms with van der Waals surface area (Å²) in [5, 5.41) is 0.818. The number of H-pyrrole nitrogens is 1. The van der Waals surface area contributed by atoms with Gasteiger partial charge in [-0.25, -0.2) is 9.18 Å². The van der Waals surface area contributed by atoms with Gasteiger partial charge in [-0.1, -0.05) is 22.0 Å². The van der Waals surface area contributed by atoms with Gasteiger partial charge >= 0.3 is 5.69 Å². The standard InChI is InChI=1S/C17H11BrFN3O/c1-9-12(19)3-2-4-15(9)22-16-11-7-10(18)5-6-13(11)20-8-14(16)21-17(22)23/h2-8H,1H3,(H,21,23). The van der Waals surface area contributed by atoms with E-state index in [9.17, 15) is 9.18 Å². The molecule has 0 saturated heterocycles. The van der Waals surface area contributed by atoms with Gasteiger partial charge in [0.25, 0.3) is 0 Å². The molecule has 4 nitrogen and oxygen atoms in total. The fraction of sp³-hybridized carbons (Fsp3) is 0.0588. The Hall–Kier alpha value is -2.47. The summed E-state index contributed by atoms with van der Waals surface area (Å²) in [6.45, 7) is 1.66. The number of nitrogens with one attached hydrogen (secondary N) is 1. The number of hydrogen-bond acceptors (Lipinski definition) is 2. The molecule has 0 amide bonds. The number of nitrogens with zero attached hydrogens (tertiary/aromatic N) is 2. The van der Waals surface area contributed by atoms with Crippen LogP contribution in [0.2, 0.25) is 0 Å². The molecular weight excluding hydrogens is 361 g/mol. The monoisotopic (exact) mass is 371 g/mol. The van der Waals surface area contributed by atoms with Gasteiger partial charge in [0.2, 0.25) is 0 Å². The lowest BCUT2D eigenvalue weighted by Crippen LogP contribution is -2.16. The molecule has 0 saturated carbocycles. The van der Waals surface area contributed by atoms with Crippen LogP contribution in [0.4, 0.5) is 4.39 Å². The molecule has 0 atom stereocenters. The second kappa shape index (κ2) is 5.03. The Bertz CT molecular complexity index is 1130. The van der Waals surface area contributed by atoms with E-state index < -0.39 is 0 Å². The molecule has 0 aliphatic rings. The maximum Gasteiger partial charge on any atom is 0.331 e. The van der Waals surface area contributed by atoms with Gasteiger partial charge in [0.1, 0.15) is 5.82 Å². The molecule has 0 spiro atoms. The zero-order valence-electron chi connectivity index (χ0n) is 12.1. The van der Waals surface area contributed by atoms with E-state index in [0.29, 0.717) is 22.3 Å². The molecule has 2 aromatic heterocycles. The van der Waals surface area contributed by atoms with Crippen molar-refractivity contribution in [3.05, 3.63) is 68.9 Å². The van der Waals surface area contributed by atoms with Crippen LogP contribution < -0.4 is 5.69 Å². The second-order valence-electron chi connectivity index (χ2n) is 5.33. The SMILES string of the molecule is Cc1c(F)cccc1-n1c(=O)[nH]c2cnc3ccc(Br)cc3c21. The maximum atomic E-state index is 13.9. The molecule has 0 bridgehead atoms. The number of hydrogen-bond donors (Lipinski definition) is 1. The Morgan fingerprint density at radius 2 is 2.09 bits per heavy atom. The van der Waals surface area contributed by atoms with Gasteiger partial charge in [-0.3, -0.25) is 9.55 Å². The zero-order chi connectivity index (χ0) is 16.1. The molecule has 4 aromatic rings. The summed E-state index contributed by atoms with van der Waals surface area (Å²) in [6, 6.07) is 10.4. The first-order chi connectivity index (χ1) is 11.1. The molecule has 2 heterocycles. The highest BCUT2D eigenvalue weighted by Crippen LogP contribution is 2.27. The molecule has 23 heavy (non-hydrogen) atoms. The summed E-state index contributed by atoms with van der Waals surface area (Å²) in [7, 11) is 0. The first kappa shape index (κ1) is 14.1. The summed E-state index contributed by atoms with van der Waals surface area (Å²) in [4.78, 5) is 19.6. The zero-order valence-corrected chi connectivity index (χ0v) is 13.7. The summed E-state index contributed by atoms with van der Waals surface area (Å²) in [6.07, 6.45) is 1.62. The van der Waals surface area contributed by atoms with Gasteiger partial charge in [-0.15, -0.1) is 0 Å². The number of aromatic nitrogens is 3. The van der Waals surface area contributed by atoms with Crippen LogP contribution in [0.1, 0.15) is 5.56 Å². The van der Waals surface area contributed by atoms with Crippen LogP contribution in [-0.2, 0) is 0 Å². The molecule has 0 aliphatic carbocycles. The molecule has 114 valence electrons. The molecule has 0 radical (unpaired) electrons. The lowest BCUT2D eigenvalue weighted by Gasteiger charge is -2.09. The van der Waals surface area contributed by atoms with Gasteiger partial charge in [0.15, 0.2) is 0 Å². The van der Waals surface area contributed by atoms with Crippen molar-refractivity contribution in [3.8, 4) is 5.69 Å². The number of fused-ring (bicyclic) bond motifs is 3. The Balaban J connectivity index is 2.23. The van der Waals surface area contributed by atoms with Crippen molar-refractivity contribution in [2.24, 2.45) is 0 Å². The van der Waals surface area contributed by atoms with Crippen molar-refractivity contribution in [2.75, 3.05) is 0 Å². The molecule has 2 aromatic carbocycles. The van der Waals surface area contributed by atoms with Crippen LogP contribution >= 0.6 is 15.9 Å². The van der Waals surface area contributed by atoms with E-state index in [1.807, 2.05) is 18.2 Å². The molecular formula is C17H11BrFN3O. The van der Waals surface area contributed by atoms with E-state index in [0.717, 1.165) is 15.4 Å². The first-order valence-corrected chi connectivity index (χ1v) is 7.80. The molecule has 6 heteroatoms. The largest absolute Gasteiger partial charge is 0.331 e. The average molecular weight is 372 g/mol. The van der Waals surface area contributed by atoms with Crippen LogP contribution in [0.5, 0.6) is 0 Å². The first-order valence-electron chi connectivity index (χ1n) is 7.01. The highest BCUT2D eigenvalue weighted by molar-refractivity contribution is 9.10. The van der Waals surface area contributed by atoms with Gasteiger partial charge in [0, 0.05) is 15.4 Å². The molecule has 1 N–H and O–H groups in total. The summed E-state index contributed by atoms with van der Waals surface area (Å²) in [5.74, 6) is -0.344. The number of aromatic amines is 1. The lowest BCUT2D eigenvalue weighted by atomic mass is 10.1. The van der Waals surface area contributed by atoms with E-state index in [1.54, 1.807) is 25.3 Å². The minimum Gasteiger partial charge on any atom is -0.304 e. The topological polar surface area (TPSA) is 50.7 Å². The van der Waals surface area contributed by atoms with Gasteiger partial charge in [0.05, 0.1) is 28.4 Å². The third-order valence-electron chi connectivity index (χ3n) is 3.95. The van der Waals surface area contributed by atoms with Crippen molar-refractivity contribution in [1.82, 2.24) is 14.5 Å². The lowest BCUT2D eigenvalue weighted by molar-refractivity contribution is 0.617. The molecule has 0 unspecified atom stereocenters. The summed E-state index contributed by atoms with van der Waals surface area (Å²) >= 11 is 3.45. The molecule has 0 aliphatic heterocycles. The highest BCUT2D eigenvalue weighted by atomic mass is 79.9. The Morgan fingerprint density at radius 1 is 1.26 bits per heavy atom. The minimum absolute atomic E-state index is 0.317. The van der Waals surface area contributed by atoms with E-state index in [4.69, 9.17) is 0 Å². The molecule has 0 fully saturated rings. The van der Waals surface area contributed by atoms with Gasteiger partial charge in [-0.2, -0.15) is 0 Å². The van der Waals surface area contributed by atoms with Gasteiger partial charge < -0.3 is 4.98 Å². The second-order valence-corrected chi connectivity index (χ2v) is 6.25. The summed E-state index contributed by atoms with van der Waals surface area (Å²) < 4.78 is 16.3. The van der Waals surface area contributed by atoms with Crippen molar-refractivity contribution in [1.29, 1.82) is 0 Å². The van der Waals surface area contributed by atoms with Crippen LogP contribution in [0.15, 0.2) is 51.9 Å². The predicted molar refractivity (Wildman–Crippen MR) is 91.6 cm³/mol. The van der Waals surface area contributed by atoms with Crippen LogP contribution in [0.25, 0.3) is 27.6 Å².